The number of aryl methyl sites for hydroxylation is 1. The van der Waals surface area contributed by atoms with Crippen molar-refractivity contribution in [3.8, 4) is 0 Å². The van der Waals surface area contributed by atoms with Crippen LogP contribution in [0.4, 0.5) is 11.4 Å². The summed E-state index contributed by atoms with van der Waals surface area (Å²) in [5.41, 5.74) is 1.94. The van der Waals surface area contributed by atoms with Crippen molar-refractivity contribution in [1.29, 1.82) is 0 Å². The van der Waals surface area contributed by atoms with Gasteiger partial charge < -0.3 is 15.4 Å². The van der Waals surface area contributed by atoms with Gasteiger partial charge >= 0.3 is 0 Å². The maximum absolute atomic E-state index is 12.4. The molecule has 8 nitrogen and oxygen atoms in total. The first kappa shape index (κ1) is 19.4. The number of nitrogens with zero attached hydrogens (tertiary/aromatic N) is 1. The number of anilines is 2. The Morgan fingerprint density at radius 1 is 1.32 bits per heavy atom. The predicted molar refractivity (Wildman–Crippen MR) is 94.9 cm³/mol. The van der Waals surface area contributed by atoms with Crippen LogP contribution in [-0.2, 0) is 24.3 Å². The summed E-state index contributed by atoms with van der Waals surface area (Å²) in [6, 6.07) is 4.38. The molecule has 2 rings (SSSR count). The van der Waals surface area contributed by atoms with Crippen LogP contribution in [0, 0.1) is 6.92 Å². The predicted octanol–water partition coefficient (Wildman–Crippen LogP) is 0.942. The zero-order valence-corrected chi connectivity index (χ0v) is 15.4. The number of sulfonamides is 1. The summed E-state index contributed by atoms with van der Waals surface area (Å²) in [7, 11) is -1.97. The van der Waals surface area contributed by atoms with Gasteiger partial charge in [-0.15, -0.1) is 0 Å². The maximum atomic E-state index is 12.4. The lowest BCUT2D eigenvalue weighted by Crippen LogP contribution is -2.42. The Morgan fingerprint density at radius 2 is 2.04 bits per heavy atom. The van der Waals surface area contributed by atoms with E-state index in [0.717, 1.165) is 11.8 Å². The Morgan fingerprint density at radius 3 is 2.64 bits per heavy atom. The van der Waals surface area contributed by atoms with E-state index in [1.807, 2.05) is 0 Å². The third-order valence-electron chi connectivity index (χ3n) is 3.98. The van der Waals surface area contributed by atoms with Crippen molar-refractivity contribution in [1.82, 2.24) is 4.31 Å². The molecule has 25 heavy (non-hydrogen) atoms. The fourth-order valence-electron chi connectivity index (χ4n) is 2.82. The summed E-state index contributed by atoms with van der Waals surface area (Å²) in [5, 5.41) is 5.46. The molecule has 0 bridgehead atoms. The van der Waals surface area contributed by atoms with Gasteiger partial charge in [0, 0.05) is 25.0 Å². The van der Waals surface area contributed by atoms with Crippen LogP contribution in [0.2, 0.25) is 0 Å². The Balaban J connectivity index is 2.06. The molecule has 0 spiro atoms. The molecule has 1 saturated heterocycles. The molecule has 1 heterocycles. The molecule has 1 fully saturated rings. The van der Waals surface area contributed by atoms with Crippen LogP contribution in [0.3, 0.4) is 0 Å². The van der Waals surface area contributed by atoms with Crippen molar-refractivity contribution in [2.24, 2.45) is 0 Å². The van der Waals surface area contributed by atoms with Crippen molar-refractivity contribution in [2.75, 3.05) is 37.2 Å². The summed E-state index contributed by atoms with van der Waals surface area (Å²) < 4.78 is 29.5. The minimum Gasteiger partial charge on any atom is -0.375 e. The van der Waals surface area contributed by atoms with E-state index in [0.29, 0.717) is 30.8 Å². The van der Waals surface area contributed by atoms with Gasteiger partial charge in [-0.05, 0) is 43.5 Å². The summed E-state index contributed by atoms with van der Waals surface area (Å²) in [5.74, 6) is -0.615. The summed E-state index contributed by atoms with van der Waals surface area (Å²) >= 11 is 0. The number of methoxy groups -OCH3 is 1. The first-order valence-corrected chi connectivity index (χ1v) is 9.74. The molecule has 0 saturated carbocycles. The van der Waals surface area contributed by atoms with Crippen LogP contribution in [0.5, 0.6) is 0 Å². The fourth-order valence-corrected chi connectivity index (χ4v) is 3.95. The van der Waals surface area contributed by atoms with E-state index in [4.69, 9.17) is 4.74 Å². The number of carbonyl (C=O) groups excluding carboxylic acids is 2. The van der Waals surface area contributed by atoms with E-state index in [2.05, 4.69) is 10.6 Å². The van der Waals surface area contributed by atoms with E-state index in [1.165, 1.54) is 11.4 Å². The number of carbonyl (C=O) groups is 2. The van der Waals surface area contributed by atoms with Gasteiger partial charge in [-0.2, -0.15) is 4.31 Å². The lowest BCUT2D eigenvalue weighted by atomic mass is 10.1. The highest BCUT2D eigenvalue weighted by Gasteiger charge is 2.36. The van der Waals surface area contributed by atoms with E-state index < -0.39 is 16.1 Å². The van der Waals surface area contributed by atoms with E-state index >= 15 is 0 Å². The molecule has 0 aliphatic carbocycles. The average Bonchev–Trinajstić information content (AvgIpc) is 3.00. The Bertz CT molecular complexity index is 763. The summed E-state index contributed by atoms with van der Waals surface area (Å²) in [4.78, 5) is 24.0. The quantitative estimate of drug-likeness (QED) is 0.777. The first-order valence-electron chi connectivity index (χ1n) is 7.89. The second-order valence-electron chi connectivity index (χ2n) is 6.03. The molecule has 1 aromatic carbocycles. The highest BCUT2D eigenvalue weighted by molar-refractivity contribution is 7.88. The third kappa shape index (κ3) is 5.00. The molecular formula is C16H23N3O5S. The molecule has 1 aliphatic heterocycles. The number of hydrogen-bond donors (Lipinski definition) is 2. The van der Waals surface area contributed by atoms with Gasteiger partial charge in [0.15, 0.2) is 0 Å². The molecule has 2 amide bonds. The Hall–Kier alpha value is -1.97. The van der Waals surface area contributed by atoms with Crippen LogP contribution in [0.1, 0.15) is 18.4 Å². The van der Waals surface area contributed by atoms with Gasteiger partial charge in [0.1, 0.15) is 12.6 Å². The zero-order valence-electron chi connectivity index (χ0n) is 14.5. The van der Waals surface area contributed by atoms with Crippen LogP contribution >= 0.6 is 0 Å². The number of hydrogen-bond acceptors (Lipinski definition) is 5. The standard InChI is InChI=1S/C16H23N3O5S/c1-11-9-12(6-7-13(11)18-15(20)10-24-2)17-16(21)14-5-4-8-19(14)25(3,22)23/h6-7,9,14H,4-5,8,10H2,1-3H3,(H,17,21)(H,18,20)/t14-/m0/s1. The highest BCUT2D eigenvalue weighted by atomic mass is 32.2. The van der Waals surface area contributed by atoms with Gasteiger partial charge in [0.05, 0.1) is 6.26 Å². The second-order valence-corrected chi connectivity index (χ2v) is 7.97. The van der Waals surface area contributed by atoms with E-state index in [9.17, 15) is 18.0 Å². The zero-order chi connectivity index (χ0) is 18.6. The highest BCUT2D eigenvalue weighted by Crippen LogP contribution is 2.24. The van der Waals surface area contributed by atoms with Gasteiger partial charge in [-0.1, -0.05) is 0 Å². The van der Waals surface area contributed by atoms with Crippen molar-refractivity contribution in [3.63, 3.8) is 0 Å². The largest absolute Gasteiger partial charge is 0.375 e. The lowest BCUT2D eigenvalue weighted by molar-refractivity contribution is -0.120. The van der Waals surface area contributed by atoms with Gasteiger partial charge in [0.2, 0.25) is 21.8 Å². The van der Waals surface area contributed by atoms with Crippen LogP contribution < -0.4 is 10.6 Å². The molecule has 1 atom stereocenters. The van der Waals surface area contributed by atoms with Gasteiger partial charge in [-0.25, -0.2) is 8.42 Å². The van der Waals surface area contributed by atoms with E-state index in [-0.39, 0.29) is 18.4 Å². The normalized spacial score (nSPS) is 18.1. The van der Waals surface area contributed by atoms with Crippen molar-refractivity contribution < 1.29 is 22.7 Å². The molecule has 0 aromatic heterocycles. The van der Waals surface area contributed by atoms with E-state index in [1.54, 1.807) is 25.1 Å². The molecule has 9 heteroatoms. The van der Waals surface area contributed by atoms with Gasteiger partial charge in [0.25, 0.3) is 0 Å². The summed E-state index contributed by atoms with van der Waals surface area (Å²) in [6.45, 7) is 2.12. The van der Waals surface area contributed by atoms with Crippen molar-refractivity contribution in [3.05, 3.63) is 23.8 Å². The minimum absolute atomic E-state index is 0.0407. The van der Waals surface area contributed by atoms with Crippen LogP contribution in [0.15, 0.2) is 18.2 Å². The smallest absolute Gasteiger partial charge is 0.250 e. The van der Waals surface area contributed by atoms with Crippen molar-refractivity contribution in [2.45, 2.75) is 25.8 Å². The third-order valence-corrected chi connectivity index (χ3v) is 5.26. The number of ether oxygens (including phenoxy) is 1. The maximum Gasteiger partial charge on any atom is 0.250 e. The monoisotopic (exact) mass is 369 g/mol. The molecule has 0 radical (unpaired) electrons. The number of nitrogens with one attached hydrogen (secondary N) is 2. The lowest BCUT2D eigenvalue weighted by Gasteiger charge is -2.21. The van der Waals surface area contributed by atoms with Gasteiger partial charge in [-0.3, -0.25) is 9.59 Å². The SMILES string of the molecule is COCC(=O)Nc1ccc(NC(=O)[C@@H]2CCCN2S(C)(=O)=O)cc1C. The minimum atomic E-state index is -3.41. The molecular weight excluding hydrogens is 346 g/mol. The molecule has 1 aliphatic rings. The van der Waals surface area contributed by atoms with Crippen LogP contribution in [-0.4, -0.2) is 57.1 Å². The Kier molecular flexibility index (Phi) is 6.15. The fraction of sp³-hybridized carbons (Fsp3) is 0.500. The van der Waals surface area contributed by atoms with Crippen LogP contribution in [0.25, 0.3) is 0 Å². The number of benzene rings is 1. The Labute approximate surface area is 147 Å². The summed E-state index contributed by atoms with van der Waals surface area (Å²) in [6.07, 6.45) is 2.28. The molecule has 2 N–H and O–H groups in total. The average molecular weight is 369 g/mol. The number of amides is 2. The first-order chi connectivity index (χ1) is 11.7. The topological polar surface area (TPSA) is 105 Å². The second kappa shape index (κ2) is 7.94. The number of rotatable bonds is 6. The molecule has 0 unspecified atom stereocenters. The van der Waals surface area contributed by atoms with Crippen molar-refractivity contribution >= 4 is 33.2 Å². The molecule has 1 aromatic rings. The molecule has 138 valence electrons.